The molecule has 0 aliphatic heterocycles. The largest absolute Gasteiger partial charge is 0.0715 e. The first kappa shape index (κ1) is 11.4. The van der Waals surface area contributed by atoms with Crippen LogP contribution in [0.5, 0.6) is 0 Å². The maximum absolute atomic E-state index is 2.58. The third-order valence-electron chi connectivity index (χ3n) is 3.19. The van der Waals surface area contributed by atoms with Crippen LogP contribution in [0, 0.1) is 0 Å². The summed E-state index contributed by atoms with van der Waals surface area (Å²) in [7, 11) is -1.57. The highest BCUT2D eigenvalue weighted by Gasteiger charge is 2.35. The molecule has 0 bridgehead atoms. The maximum Gasteiger partial charge on any atom is 0.0410 e. The van der Waals surface area contributed by atoms with E-state index in [9.17, 15) is 0 Å². The third kappa shape index (κ3) is 3.56. The summed E-state index contributed by atoms with van der Waals surface area (Å²) < 4.78 is 0. The van der Waals surface area contributed by atoms with Gasteiger partial charge in [0.25, 0.3) is 0 Å². The summed E-state index contributed by atoms with van der Waals surface area (Å²) in [6, 6.07) is 1.55. The lowest BCUT2D eigenvalue weighted by Gasteiger charge is -2.35. The normalized spacial score (nSPS) is 13.6. The van der Waals surface area contributed by atoms with Crippen molar-refractivity contribution < 1.29 is 0 Å². The third-order valence-corrected chi connectivity index (χ3v) is 21.8. The molecule has 0 N–H and O–H groups in total. The second-order valence-corrected chi connectivity index (χ2v) is 22.6. The fourth-order valence-corrected chi connectivity index (χ4v) is 5.76. The first-order chi connectivity index (χ1) is 4.81. The van der Waals surface area contributed by atoms with Gasteiger partial charge >= 0.3 is 0 Å². The molecule has 0 aliphatic carbocycles. The number of hydrogen-bond donors (Lipinski definition) is 0. The Hall–Kier alpha value is 0.434. The van der Waals surface area contributed by atoms with Crippen LogP contribution in [0.25, 0.3) is 0 Å². The van der Waals surface area contributed by atoms with E-state index in [0.29, 0.717) is 0 Å². The Morgan fingerprint density at radius 3 is 1.64 bits per heavy atom. The second kappa shape index (κ2) is 3.90. The van der Waals surface area contributed by atoms with E-state index < -0.39 is 15.2 Å². The summed E-state index contributed by atoms with van der Waals surface area (Å²) in [6.45, 7) is 15.1. The Labute approximate surface area is 74.2 Å². The van der Waals surface area contributed by atoms with Gasteiger partial charge in [0.1, 0.15) is 0 Å². The van der Waals surface area contributed by atoms with Gasteiger partial charge in [0.05, 0.1) is 0 Å². The van der Waals surface area contributed by atoms with Crippen molar-refractivity contribution in [3.05, 3.63) is 0 Å². The summed E-state index contributed by atoms with van der Waals surface area (Å²) in [6.07, 6.45) is 2.84. The Kier molecular flexibility index (Phi) is 4.05. The molecule has 0 amide bonds. The van der Waals surface area contributed by atoms with Crippen molar-refractivity contribution in [3.63, 3.8) is 0 Å². The molecule has 0 rings (SSSR count). The molecule has 0 spiro atoms. The van der Waals surface area contributed by atoms with Crippen LogP contribution in [0.4, 0.5) is 0 Å². The molecule has 0 fully saturated rings. The summed E-state index contributed by atoms with van der Waals surface area (Å²) in [5.74, 6) is 0. The van der Waals surface area contributed by atoms with Gasteiger partial charge in [0.2, 0.25) is 0 Å². The molecule has 68 valence electrons. The molecular weight excluding hydrogens is 164 g/mol. The zero-order chi connectivity index (χ0) is 9.12. The smallest absolute Gasteiger partial charge is 0.0410 e. The minimum Gasteiger partial charge on any atom is -0.0715 e. The molecule has 0 aromatic carbocycles. The number of unbranched alkanes of at least 4 members (excludes halogenated alkanes) is 1. The fourth-order valence-electron chi connectivity index (χ4n) is 0.994. The van der Waals surface area contributed by atoms with E-state index in [1.165, 1.54) is 12.8 Å². The lowest BCUT2D eigenvalue weighted by molar-refractivity contribution is 0.871. The van der Waals surface area contributed by atoms with Crippen LogP contribution in [0.15, 0.2) is 0 Å². The van der Waals surface area contributed by atoms with E-state index in [-0.39, 0.29) is 0 Å². The summed E-state index contributed by atoms with van der Waals surface area (Å²) in [4.78, 5) is 0. The summed E-state index contributed by atoms with van der Waals surface area (Å²) in [5, 5.41) is 0. The van der Waals surface area contributed by atoms with Gasteiger partial charge < -0.3 is 0 Å². The molecule has 11 heavy (non-hydrogen) atoms. The zero-order valence-electron chi connectivity index (χ0n) is 9.12. The minimum absolute atomic E-state index is 0.783. The van der Waals surface area contributed by atoms with E-state index in [2.05, 4.69) is 39.7 Å². The van der Waals surface area contributed by atoms with E-state index in [1.807, 2.05) is 0 Å². The molecule has 0 aromatic heterocycles. The van der Waals surface area contributed by atoms with Crippen LogP contribution < -0.4 is 0 Å². The second-order valence-electron chi connectivity index (χ2n) is 5.24. The van der Waals surface area contributed by atoms with Crippen molar-refractivity contribution in [2.75, 3.05) is 0 Å². The highest BCUT2D eigenvalue weighted by atomic mass is 29.3. The van der Waals surface area contributed by atoms with Gasteiger partial charge in [0, 0.05) is 15.2 Å². The fraction of sp³-hybridized carbons (Fsp3) is 1.00. The van der Waals surface area contributed by atoms with Gasteiger partial charge in [-0.2, -0.15) is 0 Å². The SMILES string of the molecule is CCCC[Si](C)(C)[Si](C)(C)C. The van der Waals surface area contributed by atoms with Gasteiger partial charge in [0.15, 0.2) is 0 Å². The van der Waals surface area contributed by atoms with Crippen LogP contribution in [0.2, 0.25) is 38.8 Å². The summed E-state index contributed by atoms with van der Waals surface area (Å²) >= 11 is 0. The van der Waals surface area contributed by atoms with Gasteiger partial charge in [-0.05, 0) is 0 Å². The van der Waals surface area contributed by atoms with E-state index in [4.69, 9.17) is 0 Å². The monoisotopic (exact) mass is 188 g/mol. The van der Waals surface area contributed by atoms with Crippen LogP contribution in [-0.4, -0.2) is 15.2 Å². The molecule has 0 heterocycles. The topological polar surface area (TPSA) is 0 Å². The molecule has 0 unspecified atom stereocenters. The van der Waals surface area contributed by atoms with Crippen LogP contribution in [-0.2, 0) is 0 Å². The van der Waals surface area contributed by atoms with Crippen LogP contribution in [0.3, 0.4) is 0 Å². The molecule has 2 heteroatoms. The minimum atomic E-state index is -0.787. The first-order valence-corrected chi connectivity index (χ1v) is 12.5. The predicted octanol–water partition coefficient (Wildman–Crippen LogP) is 3.91. The molecule has 0 nitrogen and oxygen atoms in total. The average molecular weight is 188 g/mol. The highest BCUT2D eigenvalue weighted by Crippen LogP contribution is 2.24. The lowest BCUT2D eigenvalue weighted by Crippen LogP contribution is -2.51. The van der Waals surface area contributed by atoms with E-state index >= 15 is 0 Å². The van der Waals surface area contributed by atoms with Gasteiger partial charge in [-0.15, -0.1) is 0 Å². The van der Waals surface area contributed by atoms with Crippen molar-refractivity contribution >= 4 is 15.2 Å². The number of rotatable bonds is 4. The Bertz CT molecular complexity index is 111. The van der Waals surface area contributed by atoms with Crippen molar-refractivity contribution in [2.45, 2.75) is 58.5 Å². The molecule has 0 saturated heterocycles. The van der Waals surface area contributed by atoms with Crippen molar-refractivity contribution in [3.8, 4) is 0 Å². The molecular formula is C9H24Si2. The van der Waals surface area contributed by atoms with Gasteiger partial charge in [-0.25, -0.2) is 0 Å². The van der Waals surface area contributed by atoms with Crippen LogP contribution >= 0.6 is 0 Å². The molecule has 0 aromatic rings. The van der Waals surface area contributed by atoms with Gasteiger partial charge in [-0.3, -0.25) is 0 Å². The maximum atomic E-state index is 2.58. The predicted molar refractivity (Wildman–Crippen MR) is 60.5 cm³/mol. The number of hydrogen-bond acceptors (Lipinski definition) is 0. The van der Waals surface area contributed by atoms with E-state index in [1.54, 1.807) is 6.04 Å². The van der Waals surface area contributed by atoms with Crippen molar-refractivity contribution in [2.24, 2.45) is 0 Å². The van der Waals surface area contributed by atoms with Crippen LogP contribution in [0.1, 0.15) is 19.8 Å². The quantitative estimate of drug-likeness (QED) is 0.587. The molecule has 0 radical (unpaired) electrons. The molecule has 0 aliphatic rings. The lowest BCUT2D eigenvalue weighted by atomic mass is 10.4. The summed E-state index contributed by atoms with van der Waals surface area (Å²) in [5.41, 5.74) is 0. The standard InChI is InChI=1S/C9H24Si2/c1-7-8-9-11(5,6)10(2,3)4/h7-9H2,1-6H3. The zero-order valence-corrected chi connectivity index (χ0v) is 11.1. The van der Waals surface area contributed by atoms with Gasteiger partial charge in [-0.1, -0.05) is 58.5 Å². The Morgan fingerprint density at radius 1 is 0.909 bits per heavy atom. The van der Waals surface area contributed by atoms with Crippen molar-refractivity contribution in [1.29, 1.82) is 0 Å². The Morgan fingerprint density at radius 2 is 1.36 bits per heavy atom. The molecule has 0 saturated carbocycles. The van der Waals surface area contributed by atoms with Crippen molar-refractivity contribution in [1.82, 2.24) is 0 Å². The average Bonchev–Trinajstić information content (AvgIpc) is 1.81. The highest BCUT2D eigenvalue weighted by molar-refractivity contribution is 7.40. The van der Waals surface area contributed by atoms with E-state index in [0.717, 1.165) is 0 Å². The first-order valence-electron chi connectivity index (χ1n) is 4.81. The Balaban J connectivity index is 4.00. The molecule has 0 atom stereocenters.